The largest absolute Gasteiger partial charge is 0.274 e. The lowest BCUT2D eigenvalue weighted by Crippen LogP contribution is -2.33. The number of nitrogens with one attached hydrogen (secondary N) is 1. The molecule has 78 valence electrons. The Hall–Kier alpha value is -0.350. The van der Waals surface area contributed by atoms with Crippen molar-refractivity contribution < 1.29 is 9.00 Å². The molecule has 14 heavy (non-hydrogen) atoms. The van der Waals surface area contributed by atoms with Gasteiger partial charge in [-0.2, -0.15) is 0 Å². The van der Waals surface area contributed by atoms with E-state index in [1.807, 2.05) is 0 Å². The van der Waals surface area contributed by atoms with E-state index in [-0.39, 0.29) is 17.7 Å². The number of amides is 1. The van der Waals surface area contributed by atoms with Gasteiger partial charge in [0.25, 0.3) is 0 Å². The van der Waals surface area contributed by atoms with Crippen molar-refractivity contribution in [3.05, 3.63) is 12.7 Å². The topological polar surface area (TPSA) is 46.2 Å². The van der Waals surface area contributed by atoms with Crippen molar-refractivity contribution in [2.24, 2.45) is 11.8 Å². The van der Waals surface area contributed by atoms with E-state index in [9.17, 15) is 9.00 Å². The van der Waals surface area contributed by atoms with E-state index < -0.39 is 15.2 Å². The number of allylic oxidation sites excluding steroid dienone is 1. The predicted molar refractivity (Wildman–Crippen MR) is 55.9 cm³/mol. The van der Waals surface area contributed by atoms with Crippen molar-refractivity contribution >= 4 is 28.5 Å². The Kier molecular flexibility index (Phi) is 2.43. The SMILES string of the molecule is C=CC1CC1C(=O)NS(=O)C1(Cl)CC1. The van der Waals surface area contributed by atoms with Crippen molar-refractivity contribution in [2.75, 3.05) is 0 Å². The van der Waals surface area contributed by atoms with Crippen molar-refractivity contribution in [1.82, 2.24) is 4.72 Å². The normalized spacial score (nSPS) is 34.4. The molecule has 0 aromatic rings. The van der Waals surface area contributed by atoms with Crippen molar-refractivity contribution in [1.29, 1.82) is 0 Å². The summed E-state index contributed by atoms with van der Waals surface area (Å²) in [6.45, 7) is 3.61. The molecule has 0 heterocycles. The van der Waals surface area contributed by atoms with Gasteiger partial charge in [0, 0.05) is 5.92 Å². The molecule has 5 heteroatoms. The van der Waals surface area contributed by atoms with Gasteiger partial charge in [-0.25, -0.2) is 4.21 Å². The van der Waals surface area contributed by atoms with E-state index >= 15 is 0 Å². The molecule has 0 aromatic carbocycles. The third-order valence-corrected chi connectivity index (χ3v) is 4.91. The van der Waals surface area contributed by atoms with E-state index in [0.717, 1.165) is 19.3 Å². The monoisotopic (exact) mass is 233 g/mol. The van der Waals surface area contributed by atoms with Gasteiger partial charge >= 0.3 is 0 Å². The van der Waals surface area contributed by atoms with Crippen molar-refractivity contribution in [3.63, 3.8) is 0 Å². The summed E-state index contributed by atoms with van der Waals surface area (Å²) in [4.78, 5) is 11.4. The average Bonchev–Trinajstić information content (AvgIpc) is 2.98. The minimum absolute atomic E-state index is 0.0320. The number of hydrogen-bond donors (Lipinski definition) is 1. The minimum atomic E-state index is -1.42. The van der Waals surface area contributed by atoms with Crippen LogP contribution in [0, 0.1) is 11.8 Å². The minimum Gasteiger partial charge on any atom is -0.274 e. The van der Waals surface area contributed by atoms with Crippen LogP contribution < -0.4 is 4.72 Å². The standard InChI is InChI=1S/C9H12ClNO2S/c1-2-6-5-7(6)8(12)11-14(13)9(10)3-4-9/h2,6-7H,1,3-5H2,(H,11,12). The molecule has 3 atom stereocenters. The Morgan fingerprint density at radius 3 is 2.71 bits per heavy atom. The van der Waals surface area contributed by atoms with Crippen LogP contribution in [-0.2, 0) is 15.8 Å². The second-order valence-electron chi connectivity index (χ2n) is 3.86. The maximum absolute atomic E-state index is 11.5. The zero-order valence-corrected chi connectivity index (χ0v) is 9.24. The molecular formula is C9H12ClNO2S. The highest BCUT2D eigenvalue weighted by Gasteiger charge is 2.49. The van der Waals surface area contributed by atoms with Crippen LogP contribution in [0.3, 0.4) is 0 Å². The van der Waals surface area contributed by atoms with Crippen LogP contribution in [0.25, 0.3) is 0 Å². The van der Waals surface area contributed by atoms with Gasteiger partial charge in [0.15, 0.2) is 0 Å². The van der Waals surface area contributed by atoms with Crippen LogP contribution in [0.1, 0.15) is 19.3 Å². The first-order valence-corrected chi connectivity index (χ1v) is 6.13. The van der Waals surface area contributed by atoms with Crippen molar-refractivity contribution in [2.45, 2.75) is 23.5 Å². The summed E-state index contributed by atoms with van der Waals surface area (Å²) in [5, 5.41) is 0. The molecule has 1 amide bonds. The molecule has 2 saturated carbocycles. The second kappa shape index (κ2) is 3.35. The summed E-state index contributed by atoms with van der Waals surface area (Å²) in [5.74, 6) is 0.0769. The highest BCUT2D eigenvalue weighted by Crippen LogP contribution is 2.45. The summed E-state index contributed by atoms with van der Waals surface area (Å²) in [7, 11) is -1.42. The predicted octanol–water partition coefficient (Wildman–Crippen LogP) is 1.32. The van der Waals surface area contributed by atoms with Gasteiger partial charge in [0.2, 0.25) is 5.91 Å². The van der Waals surface area contributed by atoms with Crippen LogP contribution in [0.5, 0.6) is 0 Å². The molecule has 0 saturated heterocycles. The number of hydrogen-bond acceptors (Lipinski definition) is 2. The first-order chi connectivity index (χ1) is 6.57. The summed E-state index contributed by atoms with van der Waals surface area (Å²) < 4.78 is 13.3. The molecule has 0 radical (unpaired) electrons. The molecule has 3 unspecified atom stereocenters. The summed E-state index contributed by atoms with van der Waals surface area (Å²) in [6.07, 6.45) is 4.02. The summed E-state index contributed by atoms with van der Waals surface area (Å²) in [5.41, 5.74) is 0. The Morgan fingerprint density at radius 2 is 2.29 bits per heavy atom. The Labute approximate surface area is 90.5 Å². The van der Waals surface area contributed by atoms with Gasteiger partial charge in [-0.15, -0.1) is 18.2 Å². The first-order valence-electron chi connectivity index (χ1n) is 4.61. The zero-order chi connectivity index (χ0) is 10.3. The van der Waals surface area contributed by atoms with Gasteiger partial charge in [-0.05, 0) is 25.2 Å². The number of carbonyl (C=O) groups is 1. The molecule has 1 N–H and O–H groups in total. The number of alkyl halides is 1. The summed E-state index contributed by atoms with van der Waals surface area (Å²) >= 11 is 5.90. The van der Waals surface area contributed by atoms with Gasteiger partial charge < -0.3 is 0 Å². The highest BCUT2D eigenvalue weighted by atomic mass is 35.5. The fourth-order valence-corrected chi connectivity index (χ4v) is 2.52. The molecular weight excluding hydrogens is 222 g/mol. The lowest BCUT2D eigenvalue weighted by atomic mass is 10.3. The van der Waals surface area contributed by atoms with E-state index in [1.165, 1.54) is 0 Å². The maximum atomic E-state index is 11.5. The molecule has 0 aromatic heterocycles. The number of halogens is 1. The zero-order valence-electron chi connectivity index (χ0n) is 7.66. The lowest BCUT2D eigenvalue weighted by molar-refractivity contribution is -0.120. The highest BCUT2D eigenvalue weighted by molar-refractivity contribution is 7.86. The van der Waals surface area contributed by atoms with Crippen LogP contribution in [0.4, 0.5) is 0 Å². The van der Waals surface area contributed by atoms with Gasteiger partial charge in [0.1, 0.15) is 15.2 Å². The van der Waals surface area contributed by atoms with Crippen LogP contribution >= 0.6 is 11.6 Å². The van der Waals surface area contributed by atoms with E-state index in [0.29, 0.717) is 0 Å². The maximum Gasteiger partial charge on any atom is 0.235 e. The second-order valence-corrected chi connectivity index (χ2v) is 6.33. The summed E-state index contributed by atoms with van der Waals surface area (Å²) in [6, 6.07) is 0. The average molecular weight is 234 g/mol. The molecule has 2 fully saturated rings. The van der Waals surface area contributed by atoms with Gasteiger partial charge in [0.05, 0.1) is 0 Å². The van der Waals surface area contributed by atoms with Crippen LogP contribution in [0.15, 0.2) is 12.7 Å². The molecule has 0 spiro atoms. The molecule has 2 rings (SSSR count). The number of carbonyl (C=O) groups excluding carboxylic acids is 1. The third kappa shape index (κ3) is 1.86. The quantitative estimate of drug-likeness (QED) is 0.588. The van der Waals surface area contributed by atoms with Crippen LogP contribution in [-0.4, -0.2) is 14.3 Å². The molecule has 2 aliphatic carbocycles. The fraction of sp³-hybridized carbons (Fsp3) is 0.667. The molecule has 0 bridgehead atoms. The van der Waals surface area contributed by atoms with E-state index in [4.69, 9.17) is 11.6 Å². The van der Waals surface area contributed by atoms with Crippen LogP contribution in [0.2, 0.25) is 0 Å². The Morgan fingerprint density at radius 1 is 1.64 bits per heavy atom. The molecule has 2 aliphatic rings. The first kappa shape index (κ1) is 10.2. The van der Waals surface area contributed by atoms with E-state index in [2.05, 4.69) is 11.3 Å². The fourth-order valence-electron chi connectivity index (χ4n) is 1.32. The Bertz CT molecular complexity index is 314. The smallest absolute Gasteiger partial charge is 0.235 e. The van der Waals surface area contributed by atoms with E-state index in [1.54, 1.807) is 6.08 Å². The van der Waals surface area contributed by atoms with Gasteiger partial charge in [-0.3, -0.25) is 9.52 Å². The van der Waals surface area contributed by atoms with Crippen molar-refractivity contribution in [3.8, 4) is 0 Å². The lowest BCUT2D eigenvalue weighted by Gasteiger charge is -2.07. The third-order valence-electron chi connectivity index (χ3n) is 2.65. The molecule has 3 nitrogen and oxygen atoms in total. The Balaban J connectivity index is 1.83. The number of rotatable bonds is 4. The van der Waals surface area contributed by atoms with Gasteiger partial charge in [-0.1, -0.05) is 6.08 Å². The molecule has 0 aliphatic heterocycles.